The van der Waals surface area contributed by atoms with E-state index in [0.717, 1.165) is 28.4 Å². The largest absolute Gasteiger partial charge is 0.348 e. The van der Waals surface area contributed by atoms with Crippen LogP contribution in [0.15, 0.2) is 29.3 Å². The molecule has 1 aliphatic heterocycles. The number of primary sulfonamides is 1. The first-order valence-corrected chi connectivity index (χ1v) is 10.7. The molecule has 1 aromatic heterocycles. The Bertz CT molecular complexity index is 995. The molecule has 0 atom stereocenters. The van der Waals surface area contributed by atoms with Gasteiger partial charge in [-0.25, -0.2) is 18.5 Å². The zero-order valence-electron chi connectivity index (χ0n) is 14.6. The Morgan fingerprint density at radius 1 is 1.35 bits per heavy atom. The third kappa shape index (κ3) is 3.00. The lowest BCUT2D eigenvalue weighted by molar-refractivity contribution is 0.0724. The van der Waals surface area contributed by atoms with Gasteiger partial charge in [0.15, 0.2) is 0 Å². The predicted molar refractivity (Wildman–Crippen MR) is 99.5 cm³/mol. The molecule has 2 heterocycles. The first kappa shape index (κ1) is 17.4. The lowest BCUT2D eigenvalue weighted by Gasteiger charge is -2.41. The lowest BCUT2D eigenvalue weighted by atomic mass is 10.1. The Kier molecular flexibility index (Phi) is 3.87. The van der Waals surface area contributed by atoms with Gasteiger partial charge in [0.2, 0.25) is 10.0 Å². The van der Waals surface area contributed by atoms with E-state index in [0.29, 0.717) is 18.8 Å². The number of nitrogens with two attached hydrogens (primary N) is 1. The molecule has 1 amide bonds. The van der Waals surface area contributed by atoms with Crippen molar-refractivity contribution in [1.82, 2.24) is 9.88 Å². The van der Waals surface area contributed by atoms with Gasteiger partial charge in [-0.1, -0.05) is 0 Å². The van der Waals surface area contributed by atoms with Crippen molar-refractivity contribution in [2.75, 3.05) is 11.6 Å². The number of sulfonamides is 1. The number of fused-ring (bicyclic) bond motifs is 1. The molecule has 0 bridgehead atoms. The number of nitrogens with zero attached hydrogens (tertiary/aromatic N) is 3. The van der Waals surface area contributed by atoms with Gasteiger partial charge in [-0.2, -0.15) is 0 Å². The number of benzene rings is 1. The summed E-state index contributed by atoms with van der Waals surface area (Å²) >= 11 is 1.56. The molecule has 2 N–H and O–H groups in total. The van der Waals surface area contributed by atoms with Crippen molar-refractivity contribution in [3.8, 4) is 0 Å². The zero-order valence-corrected chi connectivity index (χ0v) is 16.2. The number of carbonyl (C=O) groups is 1. The third-order valence-electron chi connectivity index (χ3n) is 5.06. The van der Waals surface area contributed by atoms with E-state index in [9.17, 15) is 13.2 Å². The van der Waals surface area contributed by atoms with Gasteiger partial charge in [0.25, 0.3) is 5.91 Å². The van der Waals surface area contributed by atoms with E-state index in [-0.39, 0.29) is 16.3 Å². The molecular weight excluding hydrogens is 372 g/mol. The normalized spacial score (nSPS) is 18.8. The molecule has 1 saturated carbocycles. The molecule has 2 aromatic rings. The topological polar surface area (TPSA) is 96.6 Å². The molecule has 0 radical (unpaired) electrons. The van der Waals surface area contributed by atoms with Crippen LogP contribution in [0.25, 0.3) is 0 Å². The fourth-order valence-corrected chi connectivity index (χ4v) is 4.63. The minimum Gasteiger partial charge on any atom is -0.348 e. The van der Waals surface area contributed by atoms with Crippen LogP contribution in [-0.4, -0.2) is 36.4 Å². The van der Waals surface area contributed by atoms with Crippen LogP contribution in [0.5, 0.6) is 0 Å². The lowest BCUT2D eigenvalue weighted by Crippen LogP contribution is -2.50. The Hall–Kier alpha value is -1.97. The van der Waals surface area contributed by atoms with Crippen LogP contribution < -0.4 is 10.0 Å². The number of hydrogen-bond acceptors (Lipinski definition) is 6. The van der Waals surface area contributed by atoms with Crippen molar-refractivity contribution in [3.63, 3.8) is 0 Å². The number of thiazole rings is 1. The van der Waals surface area contributed by atoms with E-state index in [1.54, 1.807) is 28.5 Å². The minimum atomic E-state index is -3.87. The summed E-state index contributed by atoms with van der Waals surface area (Å²) in [6.07, 6.45) is 3.88. The number of hydrogen-bond donors (Lipinski definition) is 1. The smallest absolute Gasteiger partial charge is 0.257 e. The number of aryl methyl sites for hydroxylation is 1. The van der Waals surface area contributed by atoms with Crippen LogP contribution in [-0.2, 0) is 16.6 Å². The second-order valence-electron chi connectivity index (χ2n) is 7.14. The van der Waals surface area contributed by atoms with E-state index in [1.165, 1.54) is 12.1 Å². The molecule has 0 unspecified atom stereocenters. The molecule has 9 heteroatoms. The number of anilines is 1. The van der Waals surface area contributed by atoms with Crippen molar-refractivity contribution in [2.24, 2.45) is 5.14 Å². The summed E-state index contributed by atoms with van der Waals surface area (Å²) in [5.74, 6) is -0.183. The van der Waals surface area contributed by atoms with Crippen molar-refractivity contribution >= 4 is 33.0 Å². The Morgan fingerprint density at radius 2 is 2.08 bits per heavy atom. The summed E-state index contributed by atoms with van der Waals surface area (Å²) in [5.41, 5.74) is 1.16. The molecular formula is C17H20N4O3S2. The summed E-state index contributed by atoms with van der Waals surface area (Å²) in [4.78, 5) is 22.2. The van der Waals surface area contributed by atoms with E-state index < -0.39 is 10.0 Å². The van der Waals surface area contributed by atoms with Gasteiger partial charge in [-0.15, -0.1) is 11.3 Å². The van der Waals surface area contributed by atoms with Crippen LogP contribution in [0.3, 0.4) is 0 Å². The standard InChI is InChI=1S/C17H20N4O3S2/c1-11-19-8-12(25-11)9-20-10-21(17(2)5-6-17)15-4-3-13(26(18,23)24)7-14(15)16(20)22/h3-4,7-8H,5-6,9-10H2,1-2H3,(H2,18,23,24). The highest BCUT2D eigenvalue weighted by molar-refractivity contribution is 7.89. The first-order valence-electron chi connectivity index (χ1n) is 8.32. The average Bonchev–Trinajstić information content (AvgIpc) is 3.19. The van der Waals surface area contributed by atoms with Gasteiger partial charge in [-0.3, -0.25) is 4.79 Å². The fraction of sp³-hybridized carbons (Fsp3) is 0.412. The quantitative estimate of drug-likeness (QED) is 0.859. The summed E-state index contributed by atoms with van der Waals surface area (Å²) in [6, 6.07) is 4.57. The van der Waals surface area contributed by atoms with Gasteiger partial charge in [-0.05, 0) is 44.9 Å². The Labute approximate surface area is 156 Å². The van der Waals surface area contributed by atoms with Crippen LogP contribution in [0.1, 0.15) is 40.0 Å². The molecule has 2 aliphatic rings. The van der Waals surface area contributed by atoms with Crippen molar-refractivity contribution in [3.05, 3.63) is 39.8 Å². The maximum atomic E-state index is 13.0. The second-order valence-corrected chi connectivity index (χ2v) is 10.0. The summed E-state index contributed by atoms with van der Waals surface area (Å²) in [6.45, 7) is 5.02. The molecule has 1 aliphatic carbocycles. The fourth-order valence-electron chi connectivity index (χ4n) is 3.28. The number of rotatable bonds is 4. The van der Waals surface area contributed by atoms with Crippen molar-refractivity contribution in [1.29, 1.82) is 0 Å². The number of aromatic nitrogens is 1. The van der Waals surface area contributed by atoms with Crippen LogP contribution in [0, 0.1) is 6.92 Å². The molecule has 7 nitrogen and oxygen atoms in total. The second kappa shape index (κ2) is 5.77. The number of amides is 1. The van der Waals surface area contributed by atoms with Crippen LogP contribution in [0.2, 0.25) is 0 Å². The van der Waals surface area contributed by atoms with Gasteiger partial charge in [0.05, 0.1) is 34.4 Å². The van der Waals surface area contributed by atoms with E-state index in [4.69, 9.17) is 5.14 Å². The molecule has 138 valence electrons. The molecule has 26 heavy (non-hydrogen) atoms. The Balaban J connectivity index is 1.76. The highest BCUT2D eigenvalue weighted by Crippen LogP contribution is 2.46. The highest BCUT2D eigenvalue weighted by atomic mass is 32.2. The monoisotopic (exact) mass is 392 g/mol. The molecule has 4 rings (SSSR count). The van der Waals surface area contributed by atoms with Crippen LogP contribution in [0.4, 0.5) is 5.69 Å². The highest BCUT2D eigenvalue weighted by Gasteiger charge is 2.47. The van der Waals surface area contributed by atoms with Gasteiger partial charge < -0.3 is 9.80 Å². The molecule has 0 saturated heterocycles. The minimum absolute atomic E-state index is 0.000419. The van der Waals surface area contributed by atoms with E-state index in [2.05, 4.69) is 16.8 Å². The van der Waals surface area contributed by atoms with Crippen molar-refractivity contribution < 1.29 is 13.2 Å². The summed E-state index contributed by atoms with van der Waals surface area (Å²) in [7, 11) is -3.87. The van der Waals surface area contributed by atoms with E-state index in [1.807, 2.05) is 6.92 Å². The first-order chi connectivity index (χ1) is 12.2. The molecule has 1 fully saturated rings. The number of carbonyl (C=O) groups excluding carboxylic acids is 1. The van der Waals surface area contributed by atoms with Gasteiger partial charge in [0, 0.05) is 16.6 Å². The average molecular weight is 393 g/mol. The van der Waals surface area contributed by atoms with Gasteiger partial charge in [0.1, 0.15) is 0 Å². The third-order valence-corrected chi connectivity index (χ3v) is 6.87. The van der Waals surface area contributed by atoms with Gasteiger partial charge >= 0.3 is 0 Å². The maximum absolute atomic E-state index is 13.0. The maximum Gasteiger partial charge on any atom is 0.257 e. The Morgan fingerprint density at radius 3 is 2.65 bits per heavy atom. The summed E-state index contributed by atoms with van der Waals surface area (Å²) in [5, 5.41) is 6.21. The molecule has 1 aromatic carbocycles. The summed E-state index contributed by atoms with van der Waals surface area (Å²) < 4.78 is 23.4. The zero-order chi connectivity index (χ0) is 18.7. The SMILES string of the molecule is Cc1ncc(CN2CN(C3(C)CC3)c3ccc(S(N)(=O)=O)cc3C2=O)s1. The van der Waals surface area contributed by atoms with Crippen molar-refractivity contribution in [2.45, 2.75) is 43.7 Å². The van der Waals surface area contributed by atoms with Crippen LogP contribution >= 0.6 is 11.3 Å². The predicted octanol–water partition coefficient (Wildman–Crippen LogP) is 2.07. The molecule has 0 spiro atoms. The van der Waals surface area contributed by atoms with E-state index >= 15 is 0 Å².